The van der Waals surface area contributed by atoms with E-state index < -0.39 is 0 Å². The first-order valence-corrected chi connectivity index (χ1v) is 7.69. The smallest absolute Gasteiger partial charge is 0.215 e. The maximum absolute atomic E-state index is 5.42. The molecule has 21 heavy (non-hydrogen) atoms. The number of nitrogens with one attached hydrogen (secondary N) is 1. The Morgan fingerprint density at radius 3 is 2.95 bits per heavy atom. The van der Waals surface area contributed by atoms with Crippen LogP contribution in [0, 0.1) is 0 Å². The molecular formula is C16H13N3OS. The molecule has 1 aromatic carbocycles. The molecule has 0 radical (unpaired) electrons. The van der Waals surface area contributed by atoms with Crippen LogP contribution in [0.15, 0.2) is 41.8 Å². The number of thiophene rings is 1. The molecule has 4 nitrogen and oxygen atoms in total. The summed E-state index contributed by atoms with van der Waals surface area (Å²) in [6, 6.07) is 12.2. The summed E-state index contributed by atoms with van der Waals surface area (Å²) in [5, 5.41) is 3.35. The van der Waals surface area contributed by atoms with E-state index in [1.165, 1.54) is 10.1 Å². The van der Waals surface area contributed by atoms with E-state index in [4.69, 9.17) is 4.74 Å². The minimum Gasteiger partial charge on any atom is -0.478 e. The summed E-state index contributed by atoms with van der Waals surface area (Å²) in [6.07, 6.45) is 0. The molecule has 0 bridgehead atoms. The Kier molecular flexibility index (Phi) is 2.86. The molecule has 0 spiro atoms. The van der Waals surface area contributed by atoms with Gasteiger partial charge in [0.2, 0.25) is 5.88 Å². The molecule has 4 aromatic rings. The minimum atomic E-state index is 0.602. The van der Waals surface area contributed by atoms with Gasteiger partial charge in [0.25, 0.3) is 0 Å². The molecule has 0 amide bonds. The van der Waals surface area contributed by atoms with Gasteiger partial charge in [-0.15, -0.1) is 11.3 Å². The SMILES string of the molecule is CCOc1ccc2[nH]c(-c3csc4ccccc34)nc2n1. The highest BCUT2D eigenvalue weighted by atomic mass is 32.1. The molecule has 0 saturated carbocycles. The standard InChI is InChI=1S/C16H13N3OS/c1-2-20-14-8-7-12-16(18-14)19-15(17-12)11-9-21-13-6-4-3-5-10(11)13/h3-9H,2H2,1H3,(H,17,18,19). The number of rotatable bonds is 3. The molecule has 0 aliphatic carbocycles. The first-order valence-electron chi connectivity index (χ1n) is 6.81. The van der Waals surface area contributed by atoms with Crippen LogP contribution < -0.4 is 4.74 Å². The molecule has 0 aliphatic heterocycles. The molecule has 1 N–H and O–H groups in total. The highest BCUT2D eigenvalue weighted by Gasteiger charge is 2.11. The zero-order chi connectivity index (χ0) is 14.2. The number of nitrogens with zero attached hydrogens (tertiary/aromatic N) is 2. The van der Waals surface area contributed by atoms with Gasteiger partial charge in [-0.1, -0.05) is 18.2 Å². The van der Waals surface area contributed by atoms with Crippen molar-refractivity contribution in [3.8, 4) is 17.3 Å². The number of hydrogen-bond donors (Lipinski definition) is 1. The minimum absolute atomic E-state index is 0.602. The molecule has 3 aromatic heterocycles. The van der Waals surface area contributed by atoms with Gasteiger partial charge in [0, 0.05) is 27.1 Å². The summed E-state index contributed by atoms with van der Waals surface area (Å²) in [6.45, 7) is 2.55. The third kappa shape index (κ3) is 2.06. The third-order valence-electron chi connectivity index (χ3n) is 3.35. The highest BCUT2D eigenvalue weighted by Crippen LogP contribution is 2.33. The number of benzene rings is 1. The van der Waals surface area contributed by atoms with Gasteiger partial charge < -0.3 is 9.72 Å². The van der Waals surface area contributed by atoms with Crippen molar-refractivity contribution in [2.24, 2.45) is 0 Å². The van der Waals surface area contributed by atoms with Crippen molar-refractivity contribution in [3.05, 3.63) is 41.8 Å². The van der Waals surface area contributed by atoms with Crippen LogP contribution >= 0.6 is 11.3 Å². The van der Waals surface area contributed by atoms with E-state index in [1.54, 1.807) is 11.3 Å². The summed E-state index contributed by atoms with van der Waals surface area (Å²) < 4.78 is 6.68. The van der Waals surface area contributed by atoms with Gasteiger partial charge in [0.05, 0.1) is 12.1 Å². The van der Waals surface area contributed by atoms with Crippen molar-refractivity contribution in [1.82, 2.24) is 15.0 Å². The van der Waals surface area contributed by atoms with Crippen molar-refractivity contribution in [2.75, 3.05) is 6.61 Å². The van der Waals surface area contributed by atoms with Gasteiger partial charge in [0.15, 0.2) is 5.65 Å². The fourth-order valence-corrected chi connectivity index (χ4v) is 3.34. The van der Waals surface area contributed by atoms with E-state index in [9.17, 15) is 0 Å². The van der Waals surface area contributed by atoms with Gasteiger partial charge in [-0.05, 0) is 19.1 Å². The number of aromatic nitrogens is 3. The lowest BCUT2D eigenvalue weighted by Gasteiger charge is -1.99. The predicted octanol–water partition coefficient (Wildman–Crippen LogP) is 4.24. The highest BCUT2D eigenvalue weighted by molar-refractivity contribution is 7.17. The van der Waals surface area contributed by atoms with Crippen molar-refractivity contribution in [1.29, 1.82) is 0 Å². The Morgan fingerprint density at radius 2 is 2.05 bits per heavy atom. The van der Waals surface area contributed by atoms with E-state index in [2.05, 4.69) is 38.5 Å². The number of aromatic amines is 1. The second-order valence-electron chi connectivity index (χ2n) is 4.68. The maximum atomic E-state index is 5.42. The van der Waals surface area contributed by atoms with Gasteiger partial charge in [-0.2, -0.15) is 4.98 Å². The Labute approximate surface area is 125 Å². The van der Waals surface area contributed by atoms with Crippen LogP contribution in [0.3, 0.4) is 0 Å². The van der Waals surface area contributed by atoms with E-state index in [0.29, 0.717) is 18.1 Å². The van der Waals surface area contributed by atoms with Gasteiger partial charge >= 0.3 is 0 Å². The van der Waals surface area contributed by atoms with Gasteiger partial charge in [0.1, 0.15) is 5.82 Å². The molecule has 3 heterocycles. The molecule has 4 rings (SSSR count). The summed E-state index contributed by atoms with van der Waals surface area (Å²) in [5.41, 5.74) is 2.72. The normalized spacial score (nSPS) is 11.3. The number of ether oxygens (including phenoxy) is 1. The molecule has 0 saturated heterocycles. The van der Waals surface area contributed by atoms with Crippen molar-refractivity contribution >= 4 is 32.6 Å². The van der Waals surface area contributed by atoms with Crippen LogP contribution in [0.1, 0.15) is 6.92 Å². The molecule has 5 heteroatoms. The lowest BCUT2D eigenvalue weighted by molar-refractivity contribution is 0.328. The van der Waals surface area contributed by atoms with Crippen LogP contribution in [0.4, 0.5) is 0 Å². The second-order valence-corrected chi connectivity index (χ2v) is 5.60. The van der Waals surface area contributed by atoms with Crippen molar-refractivity contribution < 1.29 is 4.74 Å². The lowest BCUT2D eigenvalue weighted by Crippen LogP contribution is -1.93. The quantitative estimate of drug-likeness (QED) is 0.615. The fourth-order valence-electron chi connectivity index (χ4n) is 2.39. The number of H-pyrrole nitrogens is 1. The number of hydrogen-bond acceptors (Lipinski definition) is 4. The summed E-state index contributed by atoms with van der Waals surface area (Å²) in [5.74, 6) is 1.46. The Morgan fingerprint density at radius 1 is 1.14 bits per heavy atom. The predicted molar refractivity (Wildman–Crippen MR) is 85.9 cm³/mol. The maximum Gasteiger partial charge on any atom is 0.215 e. The first-order chi connectivity index (χ1) is 10.3. The summed E-state index contributed by atoms with van der Waals surface area (Å²) in [4.78, 5) is 12.4. The third-order valence-corrected chi connectivity index (χ3v) is 4.31. The lowest BCUT2D eigenvalue weighted by atomic mass is 10.2. The number of imidazole rings is 1. The second kappa shape index (κ2) is 4.86. The molecule has 0 aliphatic rings. The van der Waals surface area contributed by atoms with Crippen LogP contribution in [-0.2, 0) is 0 Å². The van der Waals surface area contributed by atoms with Crippen LogP contribution in [-0.4, -0.2) is 21.6 Å². The average molecular weight is 295 g/mol. The molecule has 0 unspecified atom stereocenters. The zero-order valence-electron chi connectivity index (χ0n) is 11.5. The number of pyridine rings is 1. The van der Waals surface area contributed by atoms with Gasteiger partial charge in [-0.3, -0.25) is 0 Å². The van der Waals surface area contributed by atoms with E-state index in [0.717, 1.165) is 16.9 Å². The topological polar surface area (TPSA) is 50.8 Å². The van der Waals surface area contributed by atoms with Crippen LogP contribution in [0.2, 0.25) is 0 Å². The Hall–Kier alpha value is -2.40. The largest absolute Gasteiger partial charge is 0.478 e. The Bertz CT molecular complexity index is 925. The van der Waals surface area contributed by atoms with E-state index in [1.807, 2.05) is 25.1 Å². The van der Waals surface area contributed by atoms with Gasteiger partial charge in [-0.25, -0.2) is 4.98 Å². The number of fused-ring (bicyclic) bond motifs is 2. The summed E-state index contributed by atoms with van der Waals surface area (Å²) >= 11 is 1.72. The van der Waals surface area contributed by atoms with Crippen LogP contribution in [0.5, 0.6) is 5.88 Å². The monoisotopic (exact) mass is 295 g/mol. The average Bonchev–Trinajstić information content (AvgIpc) is 3.10. The molecule has 0 atom stereocenters. The first kappa shape index (κ1) is 12.3. The van der Waals surface area contributed by atoms with Crippen LogP contribution in [0.25, 0.3) is 32.6 Å². The van der Waals surface area contributed by atoms with Crippen molar-refractivity contribution in [3.63, 3.8) is 0 Å². The van der Waals surface area contributed by atoms with Crippen molar-refractivity contribution in [2.45, 2.75) is 6.92 Å². The van der Waals surface area contributed by atoms with E-state index >= 15 is 0 Å². The summed E-state index contributed by atoms with van der Waals surface area (Å²) in [7, 11) is 0. The fraction of sp³-hybridized carbons (Fsp3) is 0.125. The molecule has 104 valence electrons. The molecular weight excluding hydrogens is 282 g/mol. The Balaban J connectivity index is 1.86. The molecule has 0 fully saturated rings. The zero-order valence-corrected chi connectivity index (χ0v) is 12.3. The van der Waals surface area contributed by atoms with E-state index in [-0.39, 0.29) is 0 Å².